The molecule has 1 aliphatic heterocycles. The van der Waals surface area contributed by atoms with Crippen LogP contribution in [0.2, 0.25) is 0 Å². The Kier molecular flexibility index (Phi) is 10.7. The van der Waals surface area contributed by atoms with Crippen LogP contribution in [0.25, 0.3) is 0 Å². The number of rotatable bonds is 10. The molecule has 1 aliphatic rings. The Bertz CT molecular complexity index is 865. The number of benzene rings is 1. The molecule has 9 heteroatoms. The van der Waals surface area contributed by atoms with Gasteiger partial charge in [-0.25, -0.2) is 0 Å². The number of likely N-dealkylation sites (tertiary alicyclic amines) is 1. The fourth-order valence-electron chi connectivity index (χ4n) is 3.56. The van der Waals surface area contributed by atoms with Crippen LogP contribution in [0.5, 0.6) is 0 Å². The van der Waals surface area contributed by atoms with Crippen molar-refractivity contribution in [2.75, 3.05) is 6.54 Å². The van der Waals surface area contributed by atoms with Crippen molar-refractivity contribution in [2.24, 2.45) is 17.3 Å². The van der Waals surface area contributed by atoms with Gasteiger partial charge in [0.1, 0.15) is 0 Å². The van der Waals surface area contributed by atoms with Gasteiger partial charge >= 0.3 is 29.6 Å². The molecule has 0 spiro atoms. The zero-order chi connectivity index (χ0) is 22.3. The van der Waals surface area contributed by atoms with Crippen molar-refractivity contribution in [1.82, 2.24) is 15.6 Å². The van der Waals surface area contributed by atoms with E-state index in [9.17, 15) is 4.39 Å². The van der Waals surface area contributed by atoms with E-state index in [1.807, 2.05) is 0 Å². The van der Waals surface area contributed by atoms with E-state index >= 15 is 0 Å². The fourth-order valence-corrected chi connectivity index (χ4v) is 3.56. The maximum atomic E-state index is 14.1. The Labute approximate surface area is 206 Å². The Morgan fingerprint density at radius 1 is 1.42 bits per heavy atom. The predicted octanol–water partition coefficient (Wildman–Crippen LogP) is -0.720. The molecule has 2 atom stereocenters. The molecule has 1 aromatic rings. The first-order chi connectivity index (χ1) is 14.3. The Morgan fingerprint density at radius 3 is 2.71 bits per heavy atom. The van der Waals surface area contributed by atoms with E-state index in [2.05, 4.69) is 35.7 Å². The smallest absolute Gasteiger partial charge is 0.403 e. The molecule has 2 unspecified atom stereocenters. The Balaban J connectivity index is 0.00000480. The van der Waals surface area contributed by atoms with E-state index in [0.29, 0.717) is 28.9 Å². The first-order valence-electron chi connectivity index (χ1n) is 9.67. The van der Waals surface area contributed by atoms with Crippen LogP contribution in [0, 0.1) is 18.2 Å². The summed E-state index contributed by atoms with van der Waals surface area (Å²) < 4.78 is 14.1. The average Bonchev–Trinajstić information content (AvgIpc) is 3.22. The van der Waals surface area contributed by atoms with Crippen LogP contribution in [0.4, 0.5) is 4.39 Å². The largest absolute Gasteiger partial charge is 1.00 e. The number of hydrazine groups is 1. The molecule has 0 radical (unpaired) electrons. The second kappa shape index (κ2) is 12.5. The van der Waals surface area contributed by atoms with Crippen LogP contribution in [0.1, 0.15) is 36.4 Å². The van der Waals surface area contributed by atoms with E-state index in [0.717, 1.165) is 37.0 Å². The van der Waals surface area contributed by atoms with Gasteiger partial charge in [-0.2, -0.15) is 18.6 Å². The predicted molar refractivity (Wildman–Crippen MR) is 120 cm³/mol. The molecule has 9 N–H and O–H groups in total. The van der Waals surface area contributed by atoms with Gasteiger partial charge in [-0.15, -0.1) is 6.07 Å². The van der Waals surface area contributed by atoms with Gasteiger partial charge in [0.2, 0.25) is 0 Å². The second-order valence-electron chi connectivity index (χ2n) is 7.22. The maximum Gasteiger partial charge on any atom is 1.00 e. The third-order valence-electron chi connectivity index (χ3n) is 5.19. The van der Waals surface area contributed by atoms with Crippen LogP contribution >= 0.6 is 0 Å². The van der Waals surface area contributed by atoms with Gasteiger partial charge in [-0.05, 0) is 24.5 Å². The number of nitrogens with one attached hydrogen (secondary N) is 3. The average molecular weight is 436 g/mol. The molecule has 7 nitrogen and oxygen atoms in total. The number of nitrogens with two attached hydrogens (primary N) is 3. The molecule has 0 amide bonds. The topological polar surface area (TPSA) is 129 Å². The number of hydrogen-bond donors (Lipinski definition) is 6. The zero-order valence-corrected chi connectivity index (χ0v) is 20.1. The minimum Gasteiger partial charge on any atom is -0.403 e. The van der Waals surface area contributed by atoms with Crippen molar-refractivity contribution in [2.45, 2.75) is 31.3 Å². The quantitative estimate of drug-likeness (QED) is 0.0946. The summed E-state index contributed by atoms with van der Waals surface area (Å²) in [6.07, 6.45) is 6.34. The third-order valence-corrected chi connectivity index (χ3v) is 5.19. The number of hydrogen-bond acceptors (Lipinski definition) is 7. The summed E-state index contributed by atoms with van der Waals surface area (Å²) in [6.45, 7) is 12.9. The summed E-state index contributed by atoms with van der Waals surface area (Å²) in [6, 6.07) is 4.22. The van der Waals surface area contributed by atoms with Crippen molar-refractivity contribution in [3.05, 3.63) is 90.3 Å². The molecule has 31 heavy (non-hydrogen) atoms. The van der Waals surface area contributed by atoms with Crippen molar-refractivity contribution in [3.63, 3.8) is 0 Å². The Hall–Kier alpha value is -2.39. The monoisotopic (exact) mass is 435 g/mol. The normalized spacial score (nSPS) is 17.5. The molecular weight excluding hydrogens is 404 g/mol. The molecule has 1 aromatic carbocycles. The second-order valence-corrected chi connectivity index (χ2v) is 7.22. The molecule has 1 fully saturated rings. The summed E-state index contributed by atoms with van der Waals surface area (Å²) >= 11 is 0. The molecule has 1 heterocycles. The molecule has 162 valence electrons. The van der Waals surface area contributed by atoms with E-state index in [1.165, 1.54) is 18.3 Å². The van der Waals surface area contributed by atoms with Gasteiger partial charge < -0.3 is 32.5 Å². The van der Waals surface area contributed by atoms with Gasteiger partial charge in [-0.1, -0.05) is 19.2 Å². The molecule has 2 rings (SSSR count). The molecule has 0 bridgehead atoms. The van der Waals surface area contributed by atoms with E-state index < -0.39 is 11.9 Å². The van der Waals surface area contributed by atoms with Gasteiger partial charge in [0.05, 0.1) is 12.1 Å². The summed E-state index contributed by atoms with van der Waals surface area (Å²) in [4.78, 5) is 2.16. The summed E-state index contributed by atoms with van der Waals surface area (Å²) in [5.74, 6) is 5.06. The van der Waals surface area contributed by atoms with E-state index in [1.54, 1.807) is 12.1 Å². The summed E-state index contributed by atoms with van der Waals surface area (Å²) in [5.41, 5.74) is 17.9. The van der Waals surface area contributed by atoms with Gasteiger partial charge in [0, 0.05) is 54.0 Å². The van der Waals surface area contributed by atoms with Crippen molar-refractivity contribution < 1.29 is 33.9 Å². The third kappa shape index (κ3) is 6.80. The minimum absolute atomic E-state index is 0. The first kappa shape index (κ1) is 26.6. The van der Waals surface area contributed by atoms with Crippen molar-refractivity contribution in [3.8, 4) is 0 Å². The SMILES string of the molecule is C=C(NC(/C(N)=C/C=N)c1ccc([CH2-])c(F)c1)C1CCCN1C(=C)C/C(=C/N)NN.[Na+]. The number of allylic oxidation sites excluding steroid dienone is 1. The standard InChI is InChI=1S/C22H31FN7.Na/c1-14-6-7-17(12-19(14)23)22(20(26)8-9-24)28-16(3)21-5-4-10-30(21)15(2)11-18(13-25)29-27;/h6-9,12-13,21-22,24,28-29H,1-5,10-11,25-27H2;/q-1;+1/b18-13-,20-8-,24-9?;. The molecule has 0 aromatic heterocycles. The summed E-state index contributed by atoms with van der Waals surface area (Å²) in [5, 5.41) is 10.7. The van der Waals surface area contributed by atoms with E-state index in [4.69, 9.17) is 22.7 Å². The molecule has 0 saturated carbocycles. The van der Waals surface area contributed by atoms with Crippen LogP contribution in [0.3, 0.4) is 0 Å². The molecular formula is C22H31FN7Na. The fraction of sp³-hybridized carbons (Fsp3) is 0.273. The van der Waals surface area contributed by atoms with E-state index in [-0.39, 0.29) is 35.6 Å². The van der Waals surface area contributed by atoms with Crippen molar-refractivity contribution >= 4 is 6.21 Å². The van der Waals surface area contributed by atoms with Crippen LogP contribution < -0.4 is 57.6 Å². The Morgan fingerprint density at radius 2 is 2.13 bits per heavy atom. The van der Waals surface area contributed by atoms with Crippen LogP contribution in [0.15, 0.2) is 66.4 Å². The molecule has 1 saturated heterocycles. The maximum absolute atomic E-state index is 14.1. The van der Waals surface area contributed by atoms with Crippen molar-refractivity contribution in [1.29, 1.82) is 5.41 Å². The van der Waals surface area contributed by atoms with Crippen LogP contribution in [-0.4, -0.2) is 23.7 Å². The number of nitrogens with zero attached hydrogens (tertiary/aromatic N) is 1. The number of halogens is 1. The first-order valence-corrected chi connectivity index (χ1v) is 9.67. The van der Waals surface area contributed by atoms with Crippen LogP contribution in [-0.2, 0) is 0 Å². The van der Waals surface area contributed by atoms with Gasteiger partial charge in [-0.3, -0.25) is 10.2 Å². The van der Waals surface area contributed by atoms with Gasteiger partial charge in [0.25, 0.3) is 0 Å². The minimum atomic E-state index is -0.532. The zero-order valence-electron chi connectivity index (χ0n) is 18.1. The molecule has 0 aliphatic carbocycles. The van der Waals surface area contributed by atoms with Gasteiger partial charge in [0.15, 0.2) is 0 Å². The summed E-state index contributed by atoms with van der Waals surface area (Å²) in [7, 11) is 0.